The normalized spacial score (nSPS) is 10.9. The average molecular weight is 352 g/mol. The van der Waals surface area contributed by atoms with E-state index >= 15 is 0 Å². The number of carbonyl (C=O) groups is 1. The third kappa shape index (κ3) is 4.02. The second kappa shape index (κ2) is 7.99. The van der Waals surface area contributed by atoms with Crippen LogP contribution >= 0.6 is 0 Å². The summed E-state index contributed by atoms with van der Waals surface area (Å²) in [5, 5.41) is 7.15. The van der Waals surface area contributed by atoms with Crippen LogP contribution in [0.25, 0.3) is 5.65 Å². The van der Waals surface area contributed by atoms with Gasteiger partial charge in [-0.05, 0) is 50.6 Å². The molecular formula is C20H24N4O2. The Balaban J connectivity index is 1.68. The first kappa shape index (κ1) is 17.9. The van der Waals surface area contributed by atoms with Crippen LogP contribution < -0.4 is 10.1 Å². The number of hydrogen-bond acceptors (Lipinski definition) is 4. The maximum atomic E-state index is 12.6. The van der Waals surface area contributed by atoms with E-state index in [0.29, 0.717) is 23.5 Å². The number of benzene rings is 1. The van der Waals surface area contributed by atoms with Crippen molar-refractivity contribution in [2.75, 3.05) is 11.9 Å². The molecule has 0 radical (unpaired) electrons. The van der Waals surface area contributed by atoms with Crippen molar-refractivity contribution in [1.82, 2.24) is 14.6 Å². The van der Waals surface area contributed by atoms with Crippen LogP contribution in [0.5, 0.6) is 5.75 Å². The summed E-state index contributed by atoms with van der Waals surface area (Å²) >= 11 is 0. The number of nitrogens with one attached hydrogen (secondary N) is 1. The molecule has 1 N–H and O–H groups in total. The third-order valence-corrected chi connectivity index (χ3v) is 4.15. The number of carbonyl (C=O) groups excluding carboxylic acids is 1. The number of hydrogen-bond donors (Lipinski definition) is 1. The molecule has 2 heterocycles. The number of rotatable bonds is 7. The lowest BCUT2D eigenvalue weighted by Gasteiger charge is -2.08. The molecule has 26 heavy (non-hydrogen) atoms. The molecule has 0 saturated carbocycles. The lowest BCUT2D eigenvalue weighted by molar-refractivity contribution is 0.102. The minimum Gasteiger partial charge on any atom is -0.494 e. The van der Waals surface area contributed by atoms with Crippen molar-refractivity contribution in [3.05, 3.63) is 53.5 Å². The Kier molecular flexibility index (Phi) is 5.51. The number of amides is 1. The Bertz CT molecular complexity index is 900. The second-order valence-electron chi connectivity index (χ2n) is 6.37. The highest BCUT2D eigenvalue weighted by Crippen LogP contribution is 2.18. The maximum absolute atomic E-state index is 12.6. The molecule has 0 spiro atoms. The van der Waals surface area contributed by atoms with Gasteiger partial charge in [0, 0.05) is 17.1 Å². The van der Waals surface area contributed by atoms with Gasteiger partial charge >= 0.3 is 0 Å². The summed E-state index contributed by atoms with van der Waals surface area (Å²) in [4.78, 5) is 17.0. The van der Waals surface area contributed by atoms with Gasteiger partial charge in [0.15, 0.2) is 5.65 Å². The number of aromatic nitrogens is 3. The van der Waals surface area contributed by atoms with Crippen molar-refractivity contribution in [3.63, 3.8) is 0 Å². The minimum atomic E-state index is -0.228. The molecule has 0 aliphatic heterocycles. The first-order valence-corrected chi connectivity index (χ1v) is 8.94. The quantitative estimate of drug-likeness (QED) is 0.648. The number of fused-ring (bicyclic) bond motifs is 1. The summed E-state index contributed by atoms with van der Waals surface area (Å²) < 4.78 is 7.36. The highest BCUT2D eigenvalue weighted by atomic mass is 16.5. The summed E-state index contributed by atoms with van der Waals surface area (Å²) in [6.45, 7) is 6.72. The number of ether oxygens (including phenoxy) is 1. The molecule has 0 aliphatic carbocycles. The minimum absolute atomic E-state index is 0.228. The summed E-state index contributed by atoms with van der Waals surface area (Å²) in [6, 6.07) is 9.33. The van der Waals surface area contributed by atoms with Crippen molar-refractivity contribution >= 4 is 17.2 Å². The standard InChI is InChI=1S/C20H24N4O2/c1-4-5-6-11-26-17-9-7-16(8-10-17)23-20(25)18-13-21-24-15(3)12-14(2)22-19(18)24/h7-10,12-13H,4-6,11H2,1-3H3,(H,23,25). The highest BCUT2D eigenvalue weighted by Gasteiger charge is 2.15. The molecule has 6 heteroatoms. The molecule has 3 rings (SSSR count). The molecule has 1 aromatic carbocycles. The fraction of sp³-hybridized carbons (Fsp3) is 0.350. The van der Waals surface area contributed by atoms with Crippen molar-refractivity contribution in [3.8, 4) is 5.75 Å². The zero-order chi connectivity index (χ0) is 18.5. The van der Waals surface area contributed by atoms with Gasteiger partial charge in [0.05, 0.1) is 12.8 Å². The summed E-state index contributed by atoms with van der Waals surface area (Å²) in [6.07, 6.45) is 4.94. The van der Waals surface area contributed by atoms with E-state index in [1.54, 1.807) is 10.7 Å². The van der Waals surface area contributed by atoms with E-state index in [1.165, 1.54) is 12.8 Å². The zero-order valence-electron chi connectivity index (χ0n) is 15.5. The predicted octanol–water partition coefficient (Wildman–Crippen LogP) is 4.17. The highest BCUT2D eigenvalue weighted by molar-refractivity contribution is 6.08. The molecule has 0 unspecified atom stereocenters. The van der Waals surface area contributed by atoms with Crippen LogP contribution in [-0.4, -0.2) is 27.1 Å². The molecule has 0 aliphatic rings. The van der Waals surface area contributed by atoms with E-state index in [4.69, 9.17) is 4.74 Å². The SMILES string of the molecule is CCCCCOc1ccc(NC(=O)c2cnn3c(C)cc(C)nc23)cc1. The first-order valence-electron chi connectivity index (χ1n) is 8.94. The molecule has 0 fully saturated rings. The Labute approximate surface area is 153 Å². The summed E-state index contributed by atoms with van der Waals surface area (Å²) in [5.74, 6) is 0.581. The van der Waals surface area contributed by atoms with Crippen LogP contribution in [0, 0.1) is 13.8 Å². The first-order chi connectivity index (χ1) is 12.6. The fourth-order valence-electron chi connectivity index (χ4n) is 2.81. The van der Waals surface area contributed by atoms with Gasteiger partial charge in [-0.25, -0.2) is 9.50 Å². The summed E-state index contributed by atoms with van der Waals surface area (Å²) in [5.41, 5.74) is 3.53. The second-order valence-corrected chi connectivity index (χ2v) is 6.37. The smallest absolute Gasteiger partial charge is 0.261 e. The number of aryl methyl sites for hydroxylation is 2. The van der Waals surface area contributed by atoms with E-state index in [9.17, 15) is 4.79 Å². The molecular weight excluding hydrogens is 328 g/mol. The van der Waals surface area contributed by atoms with Gasteiger partial charge in [-0.1, -0.05) is 19.8 Å². The van der Waals surface area contributed by atoms with Crippen LogP contribution in [0.4, 0.5) is 5.69 Å². The van der Waals surface area contributed by atoms with Crippen molar-refractivity contribution in [2.45, 2.75) is 40.0 Å². The maximum Gasteiger partial charge on any atom is 0.261 e. The van der Waals surface area contributed by atoms with E-state index in [1.807, 2.05) is 44.2 Å². The zero-order valence-corrected chi connectivity index (χ0v) is 15.5. The van der Waals surface area contributed by atoms with Crippen molar-refractivity contribution in [1.29, 1.82) is 0 Å². The van der Waals surface area contributed by atoms with Gasteiger partial charge in [-0.2, -0.15) is 5.10 Å². The monoisotopic (exact) mass is 352 g/mol. The Morgan fingerprint density at radius 2 is 1.96 bits per heavy atom. The van der Waals surface area contributed by atoms with Gasteiger partial charge in [-0.3, -0.25) is 4.79 Å². The molecule has 2 aromatic heterocycles. The van der Waals surface area contributed by atoms with Crippen LogP contribution in [0.1, 0.15) is 47.9 Å². The lowest BCUT2D eigenvalue weighted by atomic mass is 10.2. The summed E-state index contributed by atoms with van der Waals surface area (Å²) in [7, 11) is 0. The average Bonchev–Trinajstić information content (AvgIpc) is 3.04. The Morgan fingerprint density at radius 3 is 2.69 bits per heavy atom. The van der Waals surface area contributed by atoms with Crippen molar-refractivity contribution in [2.24, 2.45) is 0 Å². The predicted molar refractivity (Wildman–Crippen MR) is 102 cm³/mol. The van der Waals surface area contributed by atoms with E-state index in [2.05, 4.69) is 22.3 Å². The van der Waals surface area contributed by atoms with Crippen molar-refractivity contribution < 1.29 is 9.53 Å². The molecule has 136 valence electrons. The largest absolute Gasteiger partial charge is 0.494 e. The Morgan fingerprint density at radius 1 is 1.19 bits per heavy atom. The molecule has 0 bridgehead atoms. The van der Waals surface area contributed by atoms with Crippen LogP contribution in [-0.2, 0) is 0 Å². The van der Waals surface area contributed by atoms with Gasteiger partial charge in [-0.15, -0.1) is 0 Å². The van der Waals surface area contributed by atoms with Gasteiger partial charge in [0.2, 0.25) is 0 Å². The lowest BCUT2D eigenvalue weighted by Crippen LogP contribution is -2.12. The molecule has 6 nitrogen and oxygen atoms in total. The van der Waals surface area contributed by atoms with Gasteiger partial charge in [0.1, 0.15) is 11.3 Å². The molecule has 1 amide bonds. The van der Waals surface area contributed by atoms with Crippen LogP contribution in [0.3, 0.4) is 0 Å². The Hall–Kier alpha value is -2.89. The third-order valence-electron chi connectivity index (χ3n) is 4.15. The molecule has 0 saturated heterocycles. The molecule has 0 atom stereocenters. The van der Waals surface area contributed by atoms with E-state index < -0.39 is 0 Å². The van der Waals surface area contributed by atoms with Gasteiger partial charge in [0.25, 0.3) is 5.91 Å². The number of anilines is 1. The molecule has 3 aromatic rings. The van der Waals surface area contributed by atoms with Crippen LogP contribution in [0.15, 0.2) is 36.5 Å². The number of nitrogens with zero attached hydrogens (tertiary/aromatic N) is 3. The van der Waals surface area contributed by atoms with Crippen LogP contribution in [0.2, 0.25) is 0 Å². The fourth-order valence-corrected chi connectivity index (χ4v) is 2.81. The number of unbranched alkanes of at least 4 members (excludes halogenated alkanes) is 2. The van der Waals surface area contributed by atoms with Gasteiger partial charge < -0.3 is 10.1 Å². The topological polar surface area (TPSA) is 68.5 Å². The van der Waals surface area contributed by atoms with E-state index in [0.717, 1.165) is 23.6 Å². The van der Waals surface area contributed by atoms with E-state index in [-0.39, 0.29) is 5.91 Å².